The minimum Gasteiger partial charge on any atom is -0.316 e. The molecule has 1 fully saturated rings. The van der Waals surface area contributed by atoms with Crippen LogP contribution in [0.4, 0.5) is 0 Å². The number of nitrogens with one attached hydrogen (secondary N) is 1. The first-order valence-electron chi connectivity index (χ1n) is 5.76. The minimum absolute atomic E-state index is 0.791. The standard InChI is InChI=1S/C13H17N/c1-3-10-6-7-13(10)12(5-1)11-4-2-8-14-9-11/h1,3,5,11,14H,2,4,6-9H2. The number of rotatable bonds is 1. The summed E-state index contributed by atoms with van der Waals surface area (Å²) in [6.45, 7) is 2.40. The number of benzene rings is 1. The molecule has 74 valence electrons. The van der Waals surface area contributed by atoms with Gasteiger partial charge in [-0.2, -0.15) is 0 Å². The summed E-state index contributed by atoms with van der Waals surface area (Å²) in [6.07, 6.45) is 5.35. The highest BCUT2D eigenvalue weighted by atomic mass is 14.9. The SMILES string of the molecule is c1cc2c(c(C3CCCNC3)c1)CC2. The van der Waals surface area contributed by atoms with E-state index < -0.39 is 0 Å². The van der Waals surface area contributed by atoms with Gasteiger partial charge in [-0.3, -0.25) is 0 Å². The molecular formula is C13H17N. The molecule has 1 aliphatic heterocycles. The van der Waals surface area contributed by atoms with E-state index in [4.69, 9.17) is 0 Å². The van der Waals surface area contributed by atoms with Crippen molar-refractivity contribution in [1.29, 1.82) is 0 Å². The molecular weight excluding hydrogens is 170 g/mol. The number of aryl methyl sites for hydroxylation is 1. The van der Waals surface area contributed by atoms with E-state index in [0.717, 1.165) is 5.92 Å². The molecule has 1 unspecified atom stereocenters. The average Bonchev–Trinajstić information content (AvgIpc) is 2.21. The van der Waals surface area contributed by atoms with Gasteiger partial charge < -0.3 is 5.32 Å². The second kappa shape index (κ2) is 3.39. The summed E-state index contributed by atoms with van der Waals surface area (Å²) in [5.74, 6) is 0.791. The summed E-state index contributed by atoms with van der Waals surface area (Å²) in [5.41, 5.74) is 4.91. The van der Waals surface area contributed by atoms with E-state index in [9.17, 15) is 0 Å². The van der Waals surface area contributed by atoms with Crippen LogP contribution < -0.4 is 5.32 Å². The molecule has 14 heavy (non-hydrogen) atoms. The van der Waals surface area contributed by atoms with Crippen molar-refractivity contribution in [2.45, 2.75) is 31.6 Å². The lowest BCUT2D eigenvalue weighted by atomic mass is 9.78. The summed E-state index contributed by atoms with van der Waals surface area (Å²) in [4.78, 5) is 0. The number of fused-ring (bicyclic) bond motifs is 1. The Morgan fingerprint density at radius 3 is 2.93 bits per heavy atom. The lowest BCUT2D eigenvalue weighted by Gasteiger charge is -2.30. The van der Waals surface area contributed by atoms with Gasteiger partial charge in [-0.15, -0.1) is 0 Å². The van der Waals surface area contributed by atoms with Gasteiger partial charge in [0.2, 0.25) is 0 Å². The van der Waals surface area contributed by atoms with Gasteiger partial charge in [0.15, 0.2) is 0 Å². The zero-order valence-corrected chi connectivity index (χ0v) is 8.55. The van der Waals surface area contributed by atoms with Crippen molar-refractivity contribution in [2.24, 2.45) is 0 Å². The third-order valence-electron chi connectivity index (χ3n) is 3.69. The number of hydrogen-bond acceptors (Lipinski definition) is 1. The van der Waals surface area contributed by atoms with E-state index >= 15 is 0 Å². The Balaban J connectivity index is 1.91. The molecule has 1 atom stereocenters. The number of hydrogen-bond donors (Lipinski definition) is 1. The van der Waals surface area contributed by atoms with E-state index in [1.54, 1.807) is 16.7 Å². The van der Waals surface area contributed by atoms with E-state index in [-0.39, 0.29) is 0 Å². The van der Waals surface area contributed by atoms with Crippen molar-refractivity contribution in [1.82, 2.24) is 5.32 Å². The highest BCUT2D eigenvalue weighted by molar-refractivity contribution is 5.43. The Kier molecular flexibility index (Phi) is 2.06. The van der Waals surface area contributed by atoms with Crippen LogP contribution in [0.2, 0.25) is 0 Å². The fraction of sp³-hybridized carbons (Fsp3) is 0.538. The lowest BCUT2D eigenvalue weighted by Crippen LogP contribution is -2.29. The van der Waals surface area contributed by atoms with Crippen LogP contribution in [0.25, 0.3) is 0 Å². The molecule has 1 aromatic rings. The Morgan fingerprint density at radius 1 is 1.21 bits per heavy atom. The maximum atomic E-state index is 3.50. The first-order chi connectivity index (χ1) is 6.95. The van der Waals surface area contributed by atoms with Crippen molar-refractivity contribution in [3.8, 4) is 0 Å². The zero-order chi connectivity index (χ0) is 9.38. The predicted octanol–water partition coefficient (Wildman–Crippen LogP) is 2.25. The molecule has 2 aliphatic rings. The van der Waals surface area contributed by atoms with Crippen molar-refractivity contribution in [3.05, 3.63) is 34.9 Å². The van der Waals surface area contributed by atoms with Crippen LogP contribution in [0.1, 0.15) is 35.4 Å². The summed E-state index contributed by atoms with van der Waals surface area (Å²) >= 11 is 0. The van der Waals surface area contributed by atoms with Crippen molar-refractivity contribution in [2.75, 3.05) is 13.1 Å². The summed E-state index contributed by atoms with van der Waals surface area (Å²) in [5, 5.41) is 3.50. The maximum absolute atomic E-state index is 3.50. The number of piperidine rings is 1. The highest BCUT2D eigenvalue weighted by Gasteiger charge is 2.23. The summed E-state index contributed by atoms with van der Waals surface area (Å²) in [7, 11) is 0. The van der Waals surface area contributed by atoms with E-state index in [0.29, 0.717) is 0 Å². The largest absolute Gasteiger partial charge is 0.316 e. The maximum Gasteiger partial charge on any atom is 0.00202 e. The van der Waals surface area contributed by atoms with Gasteiger partial charge in [0.25, 0.3) is 0 Å². The van der Waals surface area contributed by atoms with Crippen LogP contribution in [0, 0.1) is 0 Å². The van der Waals surface area contributed by atoms with E-state index in [1.165, 1.54) is 38.8 Å². The summed E-state index contributed by atoms with van der Waals surface area (Å²) < 4.78 is 0. The van der Waals surface area contributed by atoms with Crippen molar-refractivity contribution < 1.29 is 0 Å². The molecule has 3 rings (SSSR count). The molecule has 1 saturated heterocycles. The highest BCUT2D eigenvalue weighted by Crippen LogP contribution is 2.33. The molecule has 1 aromatic carbocycles. The molecule has 0 spiro atoms. The molecule has 1 nitrogen and oxygen atoms in total. The fourth-order valence-electron chi connectivity index (χ4n) is 2.78. The molecule has 0 saturated carbocycles. The van der Waals surface area contributed by atoms with Crippen LogP contribution in [0.3, 0.4) is 0 Å². The Labute approximate surface area is 85.5 Å². The van der Waals surface area contributed by atoms with Crippen LogP contribution in [-0.4, -0.2) is 13.1 Å². The van der Waals surface area contributed by atoms with Gasteiger partial charge in [-0.05, 0) is 54.8 Å². The monoisotopic (exact) mass is 187 g/mol. The Morgan fingerprint density at radius 2 is 2.21 bits per heavy atom. The quantitative estimate of drug-likeness (QED) is 0.711. The molecule has 0 bridgehead atoms. The van der Waals surface area contributed by atoms with Gasteiger partial charge >= 0.3 is 0 Å². The average molecular weight is 187 g/mol. The lowest BCUT2D eigenvalue weighted by molar-refractivity contribution is 0.457. The van der Waals surface area contributed by atoms with E-state index in [1.807, 2.05) is 0 Å². The van der Waals surface area contributed by atoms with Gasteiger partial charge in [0.05, 0.1) is 0 Å². The Hall–Kier alpha value is -0.820. The molecule has 0 aromatic heterocycles. The van der Waals surface area contributed by atoms with Crippen LogP contribution >= 0.6 is 0 Å². The van der Waals surface area contributed by atoms with Gasteiger partial charge in [-0.1, -0.05) is 18.2 Å². The zero-order valence-electron chi connectivity index (χ0n) is 8.55. The smallest absolute Gasteiger partial charge is 0.00202 e. The minimum atomic E-state index is 0.791. The van der Waals surface area contributed by atoms with Gasteiger partial charge in [-0.25, -0.2) is 0 Å². The molecule has 1 N–H and O–H groups in total. The van der Waals surface area contributed by atoms with Gasteiger partial charge in [0, 0.05) is 6.54 Å². The van der Waals surface area contributed by atoms with E-state index in [2.05, 4.69) is 23.5 Å². The second-order valence-electron chi connectivity index (χ2n) is 4.53. The fourth-order valence-corrected chi connectivity index (χ4v) is 2.78. The molecule has 0 radical (unpaired) electrons. The molecule has 0 amide bonds. The first-order valence-corrected chi connectivity index (χ1v) is 5.76. The molecule has 1 heterocycles. The second-order valence-corrected chi connectivity index (χ2v) is 4.53. The predicted molar refractivity (Wildman–Crippen MR) is 58.7 cm³/mol. The van der Waals surface area contributed by atoms with Gasteiger partial charge in [0.1, 0.15) is 0 Å². The molecule has 1 aliphatic carbocycles. The normalized spacial score (nSPS) is 25.3. The van der Waals surface area contributed by atoms with Crippen molar-refractivity contribution in [3.63, 3.8) is 0 Å². The third-order valence-corrected chi connectivity index (χ3v) is 3.69. The molecule has 1 heteroatoms. The van der Waals surface area contributed by atoms with Crippen molar-refractivity contribution >= 4 is 0 Å². The third kappa shape index (κ3) is 1.27. The topological polar surface area (TPSA) is 12.0 Å². The Bertz CT molecular complexity index is 337. The first kappa shape index (κ1) is 8.49. The van der Waals surface area contributed by atoms with Crippen LogP contribution in [0.5, 0.6) is 0 Å². The van der Waals surface area contributed by atoms with Crippen LogP contribution in [-0.2, 0) is 12.8 Å². The van der Waals surface area contributed by atoms with Crippen LogP contribution in [0.15, 0.2) is 18.2 Å². The summed E-state index contributed by atoms with van der Waals surface area (Å²) in [6, 6.07) is 6.87.